The van der Waals surface area contributed by atoms with Gasteiger partial charge in [0.05, 0.1) is 12.0 Å². The molecule has 1 aliphatic carbocycles. The van der Waals surface area contributed by atoms with Gasteiger partial charge in [-0.05, 0) is 42.7 Å². The quantitative estimate of drug-likeness (QED) is 0.854. The minimum absolute atomic E-state index is 0.120. The van der Waals surface area contributed by atoms with Crippen LogP contribution in [0.4, 0.5) is 14.5 Å². The molecule has 25 heavy (non-hydrogen) atoms. The fraction of sp³-hybridized carbons (Fsp3) is 0.222. The van der Waals surface area contributed by atoms with Gasteiger partial charge in [-0.25, -0.2) is 8.78 Å². The van der Waals surface area contributed by atoms with E-state index in [1.165, 1.54) is 6.07 Å². The van der Waals surface area contributed by atoms with Gasteiger partial charge < -0.3 is 10.6 Å². The van der Waals surface area contributed by atoms with Gasteiger partial charge in [-0.3, -0.25) is 9.59 Å². The Hall–Kier alpha value is -2.47. The number of nitrogens with one attached hydrogen (secondary N) is 2. The molecule has 2 aromatic rings. The molecule has 1 aliphatic rings. The second kappa shape index (κ2) is 6.80. The molecule has 2 aromatic carbocycles. The molecule has 0 saturated heterocycles. The number of amides is 2. The first kappa shape index (κ1) is 17.4. The molecule has 0 radical (unpaired) electrons. The predicted octanol–water partition coefficient (Wildman–Crippen LogP) is 3.40. The summed E-state index contributed by atoms with van der Waals surface area (Å²) in [6.07, 6.45) is 1.37. The van der Waals surface area contributed by atoms with E-state index in [0.29, 0.717) is 17.9 Å². The van der Waals surface area contributed by atoms with Crippen LogP contribution in [0.3, 0.4) is 0 Å². The molecule has 3 rings (SSSR count). The summed E-state index contributed by atoms with van der Waals surface area (Å²) in [5.74, 6) is -2.83. The van der Waals surface area contributed by atoms with Gasteiger partial charge in [0, 0.05) is 16.8 Å². The van der Waals surface area contributed by atoms with E-state index < -0.39 is 23.0 Å². The lowest BCUT2D eigenvalue weighted by atomic mass is 9.95. The lowest BCUT2D eigenvalue weighted by Crippen LogP contribution is -2.39. The first-order chi connectivity index (χ1) is 11.9. The van der Waals surface area contributed by atoms with E-state index in [-0.39, 0.29) is 18.1 Å². The number of hydrogen-bond donors (Lipinski definition) is 2. The van der Waals surface area contributed by atoms with Crippen LogP contribution in [0.1, 0.15) is 18.4 Å². The molecule has 0 atom stereocenters. The van der Waals surface area contributed by atoms with Gasteiger partial charge in [-0.2, -0.15) is 0 Å². The molecule has 1 saturated carbocycles. The van der Waals surface area contributed by atoms with Crippen molar-refractivity contribution in [3.8, 4) is 0 Å². The SMILES string of the molecule is O=C(CNC(=O)C1(c2cccc(Cl)c2)CC1)Nc1ccc(F)c(F)c1. The Bertz CT molecular complexity index is 838. The molecule has 0 aliphatic heterocycles. The zero-order valence-corrected chi connectivity index (χ0v) is 13.9. The van der Waals surface area contributed by atoms with Crippen LogP contribution in [-0.2, 0) is 15.0 Å². The average molecular weight is 365 g/mol. The third-order valence-electron chi connectivity index (χ3n) is 4.17. The third kappa shape index (κ3) is 3.79. The Morgan fingerprint density at radius 2 is 1.84 bits per heavy atom. The second-order valence-electron chi connectivity index (χ2n) is 5.95. The Morgan fingerprint density at radius 3 is 2.48 bits per heavy atom. The van der Waals surface area contributed by atoms with Crippen molar-refractivity contribution < 1.29 is 18.4 Å². The summed E-state index contributed by atoms with van der Waals surface area (Å²) in [6, 6.07) is 10.1. The van der Waals surface area contributed by atoms with E-state index >= 15 is 0 Å². The van der Waals surface area contributed by atoms with Crippen molar-refractivity contribution in [2.75, 3.05) is 11.9 Å². The van der Waals surface area contributed by atoms with Crippen molar-refractivity contribution >= 4 is 29.1 Å². The molecular formula is C18H15ClF2N2O2. The highest BCUT2D eigenvalue weighted by molar-refractivity contribution is 6.30. The average Bonchev–Trinajstić information content (AvgIpc) is 3.38. The maximum Gasteiger partial charge on any atom is 0.243 e. The van der Waals surface area contributed by atoms with Gasteiger partial charge in [-0.15, -0.1) is 0 Å². The molecule has 2 amide bonds. The van der Waals surface area contributed by atoms with Crippen molar-refractivity contribution in [3.05, 3.63) is 64.7 Å². The highest BCUT2D eigenvalue weighted by Gasteiger charge is 2.51. The van der Waals surface area contributed by atoms with Crippen LogP contribution >= 0.6 is 11.6 Å². The maximum atomic E-state index is 13.1. The Kier molecular flexibility index (Phi) is 4.72. The fourth-order valence-corrected chi connectivity index (χ4v) is 2.86. The summed E-state index contributed by atoms with van der Waals surface area (Å²) in [5, 5.41) is 5.54. The first-order valence-corrected chi connectivity index (χ1v) is 8.08. The van der Waals surface area contributed by atoms with E-state index in [1.54, 1.807) is 18.2 Å². The lowest BCUT2D eigenvalue weighted by molar-refractivity contribution is -0.126. The van der Waals surface area contributed by atoms with Gasteiger partial charge in [0.15, 0.2) is 11.6 Å². The van der Waals surface area contributed by atoms with E-state index in [2.05, 4.69) is 10.6 Å². The summed E-state index contributed by atoms with van der Waals surface area (Å²) in [7, 11) is 0. The molecule has 0 bridgehead atoms. The normalized spacial score (nSPS) is 14.7. The lowest BCUT2D eigenvalue weighted by Gasteiger charge is -2.16. The van der Waals surface area contributed by atoms with Gasteiger partial charge in [0.25, 0.3) is 0 Å². The maximum absolute atomic E-state index is 13.1. The molecule has 0 unspecified atom stereocenters. The fourth-order valence-electron chi connectivity index (χ4n) is 2.67. The van der Waals surface area contributed by atoms with Crippen molar-refractivity contribution in [2.24, 2.45) is 0 Å². The zero-order valence-electron chi connectivity index (χ0n) is 13.1. The molecule has 130 valence electrons. The Morgan fingerprint density at radius 1 is 1.08 bits per heavy atom. The minimum atomic E-state index is -1.06. The van der Waals surface area contributed by atoms with Gasteiger partial charge >= 0.3 is 0 Å². The number of benzene rings is 2. The summed E-state index contributed by atoms with van der Waals surface area (Å²) < 4.78 is 26.0. The molecule has 2 N–H and O–H groups in total. The second-order valence-corrected chi connectivity index (χ2v) is 6.39. The van der Waals surface area contributed by atoms with E-state index in [1.807, 2.05) is 6.07 Å². The summed E-state index contributed by atoms with van der Waals surface area (Å²) in [4.78, 5) is 24.3. The van der Waals surface area contributed by atoms with Gasteiger partial charge in [0.1, 0.15) is 0 Å². The van der Waals surface area contributed by atoms with Crippen LogP contribution in [-0.4, -0.2) is 18.4 Å². The third-order valence-corrected chi connectivity index (χ3v) is 4.41. The highest BCUT2D eigenvalue weighted by Crippen LogP contribution is 2.48. The summed E-state index contributed by atoms with van der Waals surface area (Å²) in [6.45, 7) is -0.264. The summed E-state index contributed by atoms with van der Waals surface area (Å²) >= 11 is 5.97. The van der Waals surface area contributed by atoms with E-state index in [4.69, 9.17) is 11.6 Å². The van der Waals surface area contributed by atoms with E-state index in [9.17, 15) is 18.4 Å². The topological polar surface area (TPSA) is 58.2 Å². The van der Waals surface area contributed by atoms with Crippen LogP contribution in [0, 0.1) is 11.6 Å². The van der Waals surface area contributed by atoms with E-state index in [0.717, 1.165) is 17.7 Å². The number of rotatable bonds is 5. The molecule has 0 heterocycles. The van der Waals surface area contributed by atoms with Crippen LogP contribution in [0.5, 0.6) is 0 Å². The van der Waals surface area contributed by atoms with Gasteiger partial charge in [-0.1, -0.05) is 23.7 Å². The van der Waals surface area contributed by atoms with Crippen LogP contribution < -0.4 is 10.6 Å². The Balaban J connectivity index is 1.58. The number of halogens is 3. The standard InChI is InChI=1S/C18H15ClF2N2O2/c19-12-3-1-2-11(8-12)18(6-7-18)17(25)22-10-16(24)23-13-4-5-14(20)15(21)9-13/h1-5,8-9H,6-7,10H2,(H,22,25)(H,23,24). The monoisotopic (exact) mass is 364 g/mol. The molecule has 0 aromatic heterocycles. The number of carbonyl (C=O) groups excluding carboxylic acids is 2. The molecule has 1 fully saturated rings. The predicted molar refractivity (Wildman–Crippen MR) is 90.4 cm³/mol. The number of carbonyl (C=O) groups is 2. The summed E-state index contributed by atoms with van der Waals surface area (Å²) in [5.41, 5.74) is 0.292. The zero-order chi connectivity index (χ0) is 18.0. The van der Waals surface area contributed by atoms with Crippen molar-refractivity contribution in [3.63, 3.8) is 0 Å². The highest BCUT2D eigenvalue weighted by atomic mass is 35.5. The smallest absolute Gasteiger partial charge is 0.243 e. The number of anilines is 1. The van der Waals surface area contributed by atoms with Gasteiger partial charge in [0.2, 0.25) is 11.8 Å². The molecule has 0 spiro atoms. The van der Waals surface area contributed by atoms with Crippen LogP contribution in [0.2, 0.25) is 5.02 Å². The molecule has 4 nitrogen and oxygen atoms in total. The number of hydrogen-bond acceptors (Lipinski definition) is 2. The Labute approximate surface area is 148 Å². The first-order valence-electron chi connectivity index (χ1n) is 7.70. The van der Waals surface area contributed by atoms with Crippen molar-refractivity contribution in [2.45, 2.75) is 18.3 Å². The van der Waals surface area contributed by atoms with Crippen molar-refractivity contribution in [1.29, 1.82) is 0 Å². The largest absolute Gasteiger partial charge is 0.346 e. The molecule has 7 heteroatoms. The van der Waals surface area contributed by atoms with Crippen LogP contribution in [0.25, 0.3) is 0 Å². The van der Waals surface area contributed by atoms with Crippen molar-refractivity contribution in [1.82, 2.24) is 5.32 Å². The van der Waals surface area contributed by atoms with Crippen LogP contribution in [0.15, 0.2) is 42.5 Å². The minimum Gasteiger partial charge on any atom is -0.346 e. The molecular weight excluding hydrogens is 350 g/mol.